The number of rotatable bonds is 12. The minimum Gasteiger partial charge on any atom is -0.361 e. The molecule has 1 aromatic heterocycles. The normalized spacial score (nSPS) is 17.8. The lowest BCUT2D eigenvalue weighted by molar-refractivity contribution is -0.123. The Morgan fingerprint density at radius 1 is 1.06 bits per heavy atom. The van der Waals surface area contributed by atoms with Gasteiger partial charge in [-0.25, -0.2) is 0 Å². The number of carbonyl (C=O) groups is 1. The van der Waals surface area contributed by atoms with Crippen LogP contribution in [0.1, 0.15) is 56.6 Å². The molecule has 3 aromatic rings. The molecule has 2 heterocycles. The monoisotopic (exact) mass is 474 g/mol. The number of para-hydroxylation sites is 1. The largest absolute Gasteiger partial charge is 0.361 e. The second kappa shape index (κ2) is 13.5. The van der Waals surface area contributed by atoms with E-state index in [0.717, 1.165) is 51.0 Å². The number of benzene rings is 2. The minimum absolute atomic E-state index is 0.130. The smallest absolute Gasteiger partial charge is 0.237 e. The van der Waals surface area contributed by atoms with Gasteiger partial charge < -0.3 is 15.6 Å². The van der Waals surface area contributed by atoms with E-state index in [1.807, 2.05) is 6.07 Å². The molecule has 3 N–H and O–H groups in total. The van der Waals surface area contributed by atoms with E-state index in [9.17, 15) is 4.79 Å². The summed E-state index contributed by atoms with van der Waals surface area (Å²) in [5.41, 5.74) is 3.73. The summed E-state index contributed by atoms with van der Waals surface area (Å²) in [5.74, 6) is 0.821. The standard InChI is InChI=1S/C30H42N4O/c1-2-3-17-31-29(21-26-22-33-28-14-8-7-13-27(26)28)30(35)32-18-15-24-12-9-19-34(20-16-24)23-25-10-5-4-6-11-25/h4-8,10-11,13-14,22,24,29,31,33H,2-3,9,12,15-21,23H2,1H3,(H,32,35)/t24-,29+/m1/s1. The Morgan fingerprint density at radius 3 is 2.74 bits per heavy atom. The molecular weight excluding hydrogens is 432 g/mol. The van der Waals surface area contributed by atoms with Crippen LogP contribution in [0.15, 0.2) is 60.8 Å². The summed E-state index contributed by atoms with van der Waals surface area (Å²) >= 11 is 0. The average Bonchev–Trinajstić information content (AvgIpc) is 3.16. The van der Waals surface area contributed by atoms with Crippen molar-refractivity contribution in [3.05, 3.63) is 71.9 Å². The van der Waals surface area contributed by atoms with Crippen LogP contribution in [-0.2, 0) is 17.8 Å². The highest BCUT2D eigenvalue weighted by Gasteiger charge is 2.21. The molecule has 1 saturated heterocycles. The summed E-state index contributed by atoms with van der Waals surface area (Å²) in [6.07, 6.45) is 9.75. The van der Waals surface area contributed by atoms with Crippen molar-refractivity contribution in [2.75, 3.05) is 26.2 Å². The Bertz CT molecular complexity index is 1030. The number of aromatic nitrogens is 1. The predicted octanol–water partition coefficient (Wildman–Crippen LogP) is 5.28. The molecule has 1 aliphatic rings. The zero-order chi connectivity index (χ0) is 24.3. The second-order valence-electron chi connectivity index (χ2n) is 10.1. The highest BCUT2D eigenvalue weighted by molar-refractivity contribution is 5.86. The molecule has 5 nitrogen and oxygen atoms in total. The summed E-state index contributed by atoms with van der Waals surface area (Å²) in [5, 5.41) is 7.99. The molecule has 1 aliphatic heterocycles. The maximum Gasteiger partial charge on any atom is 0.237 e. The van der Waals surface area contributed by atoms with E-state index < -0.39 is 0 Å². The van der Waals surface area contributed by atoms with Gasteiger partial charge in [0.15, 0.2) is 0 Å². The third-order valence-electron chi connectivity index (χ3n) is 7.38. The number of hydrogen-bond acceptors (Lipinski definition) is 3. The van der Waals surface area contributed by atoms with Crippen LogP contribution in [0.5, 0.6) is 0 Å². The fourth-order valence-corrected chi connectivity index (χ4v) is 5.27. The van der Waals surface area contributed by atoms with Crippen molar-refractivity contribution in [1.82, 2.24) is 20.5 Å². The Labute approximate surface area is 210 Å². The average molecular weight is 475 g/mol. The van der Waals surface area contributed by atoms with Crippen LogP contribution in [-0.4, -0.2) is 48.0 Å². The van der Waals surface area contributed by atoms with E-state index in [1.54, 1.807) is 0 Å². The van der Waals surface area contributed by atoms with E-state index in [2.05, 4.69) is 82.2 Å². The Balaban J connectivity index is 1.25. The topological polar surface area (TPSA) is 60.2 Å². The Morgan fingerprint density at radius 2 is 1.89 bits per heavy atom. The first-order valence-corrected chi connectivity index (χ1v) is 13.5. The van der Waals surface area contributed by atoms with Crippen molar-refractivity contribution < 1.29 is 4.79 Å². The van der Waals surface area contributed by atoms with Crippen LogP contribution in [0.25, 0.3) is 10.9 Å². The molecule has 0 spiro atoms. The lowest BCUT2D eigenvalue weighted by atomic mass is 9.97. The Kier molecular flexibility index (Phi) is 9.79. The molecule has 4 rings (SSSR count). The van der Waals surface area contributed by atoms with Gasteiger partial charge in [-0.2, -0.15) is 0 Å². The van der Waals surface area contributed by atoms with E-state index in [4.69, 9.17) is 0 Å². The van der Waals surface area contributed by atoms with Gasteiger partial charge in [0.25, 0.3) is 0 Å². The molecule has 0 saturated carbocycles. The molecule has 2 aromatic carbocycles. The third kappa shape index (κ3) is 7.68. The van der Waals surface area contributed by atoms with Crippen molar-refractivity contribution in [3.8, 4) is 0 Å². The first-order valence-electron chi connectivity index (χ1n) is 13.5. The molecule has 1 amide bonds. The van der Waals surface area contributed by atoms with Gasteiger partial charge in [-0.1, -0.05) is 61.9 Å². The summed E-state index contributed by atoms with van der Waals surface area (Å²) in [6, 6.07) is 18.9. The summed E-state index contributed by atoms with van der Waals surface area (Å²) in [4.78, 5) is 19.1. The van der Waals surface area contributed by atoms with Crippen LogP contribution in [0, 0.1) is 5.92 Å². The van der Waals surface area contributed by atoms with Crippen LogP contribution in [0.3, 0.4) is 0 Å². The molecule has 0 aliphatic carbocycles. The van der Waals surface area contributed by atoms with Gasteiger partial charge in [0.05, 0.1) is 6.04 Å². The van der Waals surface area contributed by atoms with Gasteiger partial charge in [-0.15, -0.1) is 0 Å². The number of likely N-dealkylation sites (tertiary alicyclic amines) is 1. The minimum atomic E-state index is -0.198. The van der Waals surface area contributed by atoms with E-state index in [-0.39, 0.29) is 11.9 Å². The number of hydrogen-bond donors (Lipinski definition) is 3. The van der Waals surface area contributed by atoms with Crippen LogP contribution < -0.4 is 10.6 Å². The van der Waals surface area contributed by atoms with Gasteiger partial charge in [0.2, 0.25) is 5.91 Å². The first kappa shape index (κ1) is 25.5. The van der Waals surface area contributed by atoms with Gasteiger partial charge in [-0.05, 0) is 81.3 Å². The van der Waals surface area contributed by atoms with Crippen molar-refractivity contribution in [2.45, 2.75) is 64.5 Å². The number of aromatic amines is 1. The van der Waals surface area contributed by atoms with Crippen LogP contribution in [0.4, 0.5) is 0 Å². The molecule has 35 heavy (non-hydrogen) atoms. The maximum atomic E-state index is 13.2. The van der Waals surface area contributed by atoms with Gasteiger partial charge in [-0.3, -0.25) is 9.69 Å². The lowest BCUT2D eigenvalue weighted by Gasteiger charge is -2.21. The molecule has 2 atom stereocenters. The molecule has 5 heteroatoms. The summed E-state index contributed by atoms with van der Waals surface area (Å²) in [6.45, 7) is 7.19. The fourth-order valence-electron chi connectivity index (χ4n) is 5.27. The molecule has 0 radical (unpaired) electrons. The van der Waals surface area contributed by atoms with Gasteiger partial charge in [0.1, 0.15) is 0 Å². The lowest BCUT2D eigenvalue weighted by Crippen LogP contribution is -2.46. The highest BCUT2D eigenvalue weighted by Crippen LogP contribution is 2.22. The second-order valence-corrected chi connectivity index (χ2v) is 10.1. The molecule has 0 unspecified atom stereocenters. The number of carbonyl (C=O) groups excluding carboxylic acids is 1. The number of nitrogens with zero attached hydrogens (tertiary/aromatic N) is 1. The zero-order valence-electron chi connectivity index (χ0n) is 21.3. The maximum absolute atomic E-state index is 13.2. The van der Waals surface area contributed by atoms with Crippen molar-refractivity contribution in [1.29, 1.82) is 0 Å². The van der Waals surface area contributed by atoms with E-state index >= 15 is 0 Å². The van der Waals surface area contributed by atoms with Crippen molar-refractivity contribution in [2.24, 2.45) is 5.92 Å². The number of amides is 1. The fraction of sp³-hybridized carbons (Fsp3) is 0.500. The number of fused-ring (bicyclic) bond motifs is 1. The van der Waals surface area contributed by atoms with Crippen LogP contribution in [0.2, 0.25) is 0 Å². The first-order chi connectivity index (χ1) is 17.2. The molecule has 188 valence electrons. The number of unbranched alkanes of at least 4 members (excludes halogenated alkanes) is 1. The van der Waals surface area contributed by atoms with Gasteiger partial charge in [0, 0.05) is 30.2 Å². The highest BCUT2D eigenvalue weighted by atomic mass is 16.2. The summed E-state index contributed by atoms with van der Waals surface area (Å²) < 4.78 is 0. The SMILES string of the molecule is CCCCN[C@@H](Cc1c[nH]c2ccccc12)C(=O)NCC[C@H]1CCCN(Cc2ccccc2)CC1. The van der Waals surface area contributed by atoms with E-state index in [1.165, 1.54) is 42.3 Å². The van der Waals surface area contributed by atoms with Crippen molar-refractivity contribution >= 4 is 16.8 Å². The molecule has 0 bridgehead atoms. The van der Waals surface area contributed by atoms with Gasteiger partial charge >= 0.3 is 0 Å². The predicted molar refractivity (Wildman–Crippen MR) is 145 cm³/mol. The number of nitrogens with one attached hydrogen (secondary N) is 3. The Hall–Kier alpha value is -2.63. The zero-order valence-corrected chi connectivity index (χ0v) is 21.3. The van der Waals surface area contributed by atoms with Crippen LogP contribution >= 0.6 is 0 Å². The molecular formula is C30H42N4O. The quantitative estimate of drug-likeness (QED) is 0.313. The summed E-state index contributed by atoms with van der Waals surface area (Å²) in [7, 11) is 0. The third-order valence-corrected chi connectivity index (χ3v) is 7.38. The van der Waals surface area contributed by atoms with Crippen molar-refractivity contribution in [3.63, 3.8) is 0 Å². The van der Waals surface area contributed by atoms with E-state index in [0.29, 0.717) is 12.3 Å². The number of H-pyrrole nitrogens is 1. The molecule has 1 fully saturated rings.